The summed E-state index contributed by atoms with van der Waals surface area (Å²) in [7, 11) is 1.91. The highest BCUT2D eigenvalue weighted by atomic mass is 16.5. The smallest absolute Gasteiger partial charge is 0.154 e. The van der Waals surface area contributed by atoms with Crippen LogP contribution in [-0.2, 0) is 4.74 Å². The Bertz CT molecular complexity index is 877. The first-order valence-electron chi connectivity index (χ1n) is 8.79. The maximum Gasteiger partial charge on any atom is 0.154 e. The molecule has 2 aromatic heterocycles. The Hall–Kier alpha value is -2.77. The van der Waals surface area contributed by atoms with E-state index >= 15 is 0 Å². The van der Waals surface area contributed by atoms with Crippen molar-refractivity contribution in [2.45, 2.75) is 6.10 Å². The van der Waals surface area contributed by atoms with Gasteiger partial charge in [-0.05, 0) is 18.2 Å². The maximum absolute atomic E-state index is 5.76. The van der Waals surface area contributed by atoms with Gasteiger partial charge in [0.1, 0.15) is 5.52 Å². The molecule has 0 amide bonds. The third-order valence-corrected chi connectivity index (χ3v) is 4.43. The summed E-state index contributed by atoms with van der Waals surface area (Å²) in [6.07, 6.45) is 3.51. The monoisotopic (exact) mass is 350 g/mol. The van der Waals surface area contributed by atoms with Gasteiger partial charge in [-0.3, -0.25) is 4.98 Å². The number of fused-ring (bicyclic) bond motifs is 1. The van der Waals surface area contributed by atoms with Gasteiger partial charge in [-0.2, -0.15) is 0 Å². The average molecular weight is 350 g/mol. The van der Waals surface area contributed by atoms with Crippen molar-refractivity contribution in [3.63, 3.8) is 0 Å². The van der Waals surface area contributed by atoms with Crippen LogP contribution in [0.2, 0.25) is 0 Å². The van der Waals surface area contributed by atoms with Gasteiger partial charge in [0.05, 0.1) is 23.9 Å². The largest absolute Gasteiger partial charge is 0.388 e. The summed E-state index contributed by atoms with van der Waals surface area (Å²) in [5.41, 5.74) is 4.56. The lowest BCUT2D eigenvalue weighted by molar-refractivity contribution is 0.0372. The topological polar surface area (TPSA) is 84.0 Å². The van der Waals surface area contributed by atoms with Gasteiger partial charge < -0.3 is 20.7 Å². The van der Waals surface area contributed by atoms with E-state index in [-0.39, 0.29) is 6.10 Å². The molecule has 0 radical (unpaired) electrons. The number of nitrogens with zero attached hydrogens (tertiary/aromatic N) is 3. The molecule has 0 spiro atoms. The third-order valence-electron chi connectivity index (χ3n) is 4.43. The van der Waals surface area contributed by atoms with Crippen molar-refractivity contribution >= 4 is 22.5 Å². The lowest BCUT2D eigenvalue weighted by atomic mass is 10.1. The lowest BCUT2D eigenvalue weighted by Gasteiger charge is -2.24. The standard InChI is InChI=1S/C19H22N6O/c1-20-14-4-2-13(3-5-14)16-10-17-18(23-7-6-22-17)19(25-16)24-12-15-11-21-8-9-26-15/h2-7,10,15,20-21H,8-9,11-12H2,1H3,(H,24,25)/t15-/m0/s1. The molecular formula is C19H22N6O. The van der Waals surface area contributed by atoms with Gasteiger partial charge in [-0.25, -0.2) is 9.97 Å². The molecule has 7 heteroatoms. The van der Waals surface area contributed by atoms with Crippen molar-refractivity contribution < 1.29 is 4.74 Å². The predicted molar refractivity (Wildman–Crippen MR) is 103 cm³/mol. The number of pyridine rings is 1. The molecule has 1 fully saturated rings. The van der Waals surface area contributed by atoms with E-state index in [0.29, 0.717) is 6.54 Å². The minimum Gasteiger partial charge on any atom is -0.388 e. The number of rotatable bonds is 5. The number of ether oxygens (including phenoxy) is 1. The molecule has 1 saturated heterocycles. The molecule has 3 N–H and O–H groups in total. The predicted octanol–water partition coefficient (Wildman–Crippen LogP) is 2.13. The van der Waals surface area contributed by atoms with Gasteiger partial charge in [0.2, 0.25) is 0 Å². The van der Waals surface area contributed by atoms with Crippen LogP contribution in [-0.4, -0.2) is 54.3 Å². The highest BCUT2D eigenvalue weighted by Gasteiger charge is 2.15. The summed E-state index contributed by atoms with van der Waals surface area (Å²) in [6.45, 7) is 3.15. The summed E-state index contributed by atoms with van der Waals surface area (Å²) in [5.74, 6) is 0.734. The first-order chi connectivity index (χ1) is 12.8. The van der Waals surface area contributed by atoms with E-state index in [1.165, 1.54) is 0 Å². The van der Waals surface area contributed by atoms with Crippen LogP contribution in [0.1, 0.15) is 0 Å². The van der Waals surface area contributed by atoms with E-state index in [2.05, 4.69) is 25.9 Å². The summed E-state index contributed by atoms with van der Waals surface area (Å²) in [6, 6.07) is 10.1. The van der Waals surface area contributed by atoms with Gasteiger partial charge in [0.15, 0.2) is 5.82 Å². The fourth-order valence-corrected chi connectivity index (χ4v) is 3.01. The number of hydrogen-bond donors (Lipinski definition) is 3. The van der Waals surface area contributed by atoms with Crippen LogP contribution in [0.5, 0.6) is 0 Å². The second-order valence-corrected chi connectivity index (χ2v) is 6.19. The van der Waals surface area contributed by atoms with Crippen molar-refractivity contribution in [2.24, 2.45) is 0 Å². The number of benzene rings is 1. The molecule has 26 heavy (non-hydrogen) atoms. The first kappa shape index (κ1) is 16.7. The first-order valence-corrected chi connectivity index (χ1v) is 8.79. The normalized spacial score (nSPS) is 17.2. The van der Waals surface area contributed by atoms with E-state index in [1.54, 1.807) is 12.4 Å². The molecule has 3 heterocycles. The quantitative estimate of drug-likeness (QED) is 0.650. The van der Waals surface area contributed by atoms with E-state index in [0.717, 1.165) is 53.5 Å². The maximum atomic E-state index is 5.76. The van der Waals surface area contributed by atoms with Crippen LogP contribution in [0.4, 0.5) is 11.5 Å². The van der Waals surface area contributed by atoms with Crippen molar-refractivity contribution in [1.82, 2.24) is 20.3 Å². The molecule has 134 valence electrons. The number of morpholine rings is 1. The minimum absolute atomic E-state index is 0.121. The molecular weight excluding hydrogens is 328 g/mol. The molecule has 3 aromatic rings. The minimum atomic E-state index is 0.121. The highest BCUT2D eigenvalue weighted by Crippen LogP contribution is 2.26. The van der Waals surface area contributed by atoms with E-state index < -0.39 is 0 Å². The summed E-state index contributed by atoms with van der Waals surface area (Å²) < 4.78 is 5.76. The van der Waals surface area contributed by atoms with Gasteiger partial charge >= 0.3 is 0 Å². The molecule has 7 nitrogen and oxygen atoms in total. The van der Waals surface area contributed by atoms with Gasteiger partial charge in [-0.1, -0.05) is 12.1 Å². The van der Waals surface area contributed by atoms with Crippen LogP contribution < -0.4 is 16.0 Å². The Morgan fingerprint density at radius 1 is 1.19 bits per heavy atom. The van der Waals surface area contributed by atoms with Crippen LogP contribution >= 0.6 is 0 Å². The second kappa shape index (κ2) is 7.63. The highest BCUT2D eigenvalue weighted by molar-refractivity contribution is 5.88. The molecule has 1 aliphatic rings. The zero-order valence-corrected chi connectivity index (χ0v) is 14.7. The van der Waals surface area contributed by atoms with Gasteiger partial charge in [0.25, 0.3) is 0 Å². The van der Waals surface area contributed by atoms with E-state index in [9.17, 15) is 0 Å². The molecule has 0 saturated carbocycles. The Morgan fingerprint density at radius 3 is 2.81 bits per heavy atom. The summed E-state index contributed by atoms with van der Waals surface area (Å²) in [4.78, 5) is 13.7. The number of hydrogen-bond acceptors (Lipinski definition) is 7. The number of aromatic nitrogens is 3. The Morgan fingerprint density at radius 2 is 2.04 bits per heavy atom. The van der Waals surface area contributed by atoms with E-state index in [1.807, 2.05) is 37.4 Å². The van der Waals surface area contributed by atoms with Crippen LogP contribution in [0.3, 0.4) is 0 Å². The van der Waals surface area contributed by atoms with Gasteiger partial charge in [-0.15, -0.1) is 0 Å². The van der Waals surface area contributed by atoms with Crippen molar-refractivity contribution in [3.8, 4) is 11.3 Å². The van der Waals surface area contributed by atoms with E-state index in [4.69, 9.17) is 9.72 Å². The van der Waals surface area contributed by atoms with Crippen molar-refractivity contribution in [1.29, 1.82) is 0 Å². The second-order valence-electron chi connectivity index (χ2n) is 6.19. The molecule has 0 bridgehead atoms. The van der Waals surface area contributed by atoms with Gasteiger partial charge in [0, 0.05) is 50.3 Å². The molecule has 0 unspecified atom stereocenters. The summed E-state index contributed by atoms with van der Waals surface area (Å²) >= 11 is 0. The Labute approximate surface area is 152 Å². The fourth-order valence-electron chi connectivity index (χ4n) is 3.01. The molecule has 1 atom stereocenters. The molecule has 1 aliphatic heterocycles. The van der Waals surface area contributed by atoms with Crippen LogP contribution in [0.25, 0.3) is 22.3 Å². The SMILES string of the molecule is CNc1ccc(-c2cc3nccnc3c(NC[C@@H]3CNCCO3)n2)cc1. The average Bonchev–Trinajstić information content (AvgIpc) is 2.72. The zero-order chi connectivity index (χ0) is 17.8. The van der Waals surface area contributed by atoms with Crippen LogP contribution in [0.15, 0.2) is 42.7 Å². The summed E-state index contributed by atoms with van der Waals surface area (Å²) in [5, 5.41) is 9.86. The fraction of sp³-hybridized carbons (Fsp3) is 0.316. The molecule has 0 aliphatic carbocycles. The van der Waals surface area contributed by atoms with Crippen molar-refractivity contribution in [2.75, 3.05) is 43.9 Å². The Balaban J connectivity index is 1.65. The van der Waals surface area contributed by atoms with Crippen LogP contribution in [0, 0.1) is 0 Å². The lowest BCUT2D eigenvalue weighted by Crippen LogP contribution is -2.42. The number of nitrogens with one attached hydrogen (secondary N) is 3. The molecule has 1 aromatic carbocycles. The Kier molecular flexibility index (Phi) is 4.90. The zero-order valence-electron chi connectivity index (χ0n) is 14.7. The number of anilines is 2. The molecule has 4 rings (SSSR count). The third kappa shape index (κ3) is 3.58. The van der Waals surface area contributed by atoms with Crippen molar-refractivity contribution in [3.05, 3.63) is 42.7 Å².